The molecule has 0 aromatic rings. The van der Waals surface area contributed by atoms with Crippen LogP contribution in [-0.4, -0.2) is 18.6 Å². The van der Waals surface area contributed by atoms with Crippen molar-refractivity contribution in [2.24, 2.45) is 17.6 Å². The maximum Gasteiger partial charge on any atom is 0.0187 e. The molecule has 0 radical (unpaired) electrons. The lowest BCUT2D eigenvalue weighted by atomic mass is 9.64. The van der Waals surface area contributed by atoms with E-state index in [1.54, 1.807) is 0 Å². The van der Waals surface area contributed by atoms with E-state index in [-0.39, 0.29) is 0 Å². The van der Waals surface area contributed by atoms with Gasteiger partial charge in [-0.2, -0.15) is 0 Å². The molecule has 0 saturated heterocycles. The highest BCUT2D eigenvalue weighted by molar-refractivity contribution is 4.98. The zero-order valence-electron chi connectivity index (χ0n) is 9.39. The lowest BCUT2D eigenvalue weighted by Gasteiger charge is -2.48. The topological polar surface area (TPSA) is 38.0 Å². The number of nitrogens with two attached hydrogens (primary N) is 1. The highest BCUT2D eigenvalue weighted by Crippen LogP contribution is 2.44. The van der Waals surface area contributed by atoms with E-state index in [9.17, 15) is 0 Å². The van der Waals surface area contributed by atoms with Crippen LogP contribution in [0.15, 0.2) is 0 Å². The highest BCUT2D eigenvalue weighted by atomic mass is 15.0. The second-order valence-corrected chi connectivity index (χ2v) is 5.50. The molecular weight excluding hydrogens is 172 g/mol. The van der Waals surface area contributed by atoms with Crippen LogP contribution in [0.4, 0.5) is 0 Å². The molecule has 0 aromatic carbocycles. The summed E-state index contributed by atoms with van der Waals surface area (Å²) in [5, 5.41) is 3.72. The molecule has 0 aromatic heterocycles. The fourth-order valence-corrected chi connectivity index (χ4v) is 3.76. The van der Waals surface area contributed by atoms with Gasteiger partial charge in [0, 0.05) is 18.6 Å². The Morgan fingerprint density at radius 2 is 2.29 bits per heavy atom. The number of hydrogen-bond acceptors (Lipinski definition) is 2. The number of nitrogens with one attached hydrogen (secondary N) is 1. The van der Waals surface area contributed by atoms with E-state index in [4.69, 9.17) is 5.73 Å². The summed E-state index contributed by atoms with van der Waals surface area (Å²) in [6.45, 7) is 4.19. The minimum atomic E-state index is 0.472. The predicted octanol–water partition coefficient (Wildman–Crippen LogP) is 1.89. The standard InChI is InChI=1S/C12H24N2/c1-10-7-11-3-2-4-12(8-10,9-11)14-6-5-13/h10-11,14H,2-9,13H2,1H3. The SMILES string of the molecule is CC1CC2CCCC(NCCN)(C1)C2. The van der Waals surface area contributed by atoms with Crippen molar-refractivity contribution < 1.29 is 0 Å². The smallest absolute Gasteiger partial charge is 0.0187 e. The van der Waals surface area contributed by atoms with Crippen molar-refractivity contribution in [1.29, 1.82) is 0 Å². The monoisotopic (exact) mass is 196 g/mol. The Morgan fingerprint density at radius 3 is 3.07 bits per heavy atom. The Kier molecular flexibility index (Phi) is 3.13. The maximum absolute atomic E-state index is 5.58. The first-order valence-electron chi connectivity index (χ1n) is 6.19. The maximum atomic E-state index is 5.58. The molecule has 0 aliphatic heterocycles. The van der Waals surface area contributed by atoms with Crippen molar-refractivity contribution in [3.8, 4) is 0 Å². The van der Waals surface area contributed by atoms with Gasteiger partial charge in [-0.05, 0) is 37.5 Å². The molecule has 2 aliphatic carbocycles. The van der Waals surface area contributed by atoms with Crippen molar-refractivity contribution in [2.45, 2.75) is 51.0 Å². The number of rotatable bonds is 3. The molecule has 2 heteroatoms. The van der Waals surface area contributed by atoms with Crippen LogP contribution in [0.2, 0.25) is 0 Å². The molecule has 0 heterocycles. The summed E-state index contributed by atoms with van der Waals surface area (Å²) >= 11 is 0. The summed E-state index contributed by atoms with van der Waals surface area (Å²) in [6.07, 6.45) is 8.53. The summed E-state index contributed by atoms with van der Waals surface area (Å²) in [7, 11) is 0. The van der Waals surface area contributed by atoms with E-state index in [0.29, 0.717) is 5.54 Å². The van der Waals surface area contributed by atoms with Crippen LogP contribution in [0.25, 0.3) is 0 Å². The fraction of sp³-hybridized carbons (Fsp3) is 1.00. The first-order chi connectivity index (χ1) is 6.74. The van der Waals surface area contributed by atoms with E-state index in [1.165, 1.54) is 38.5 Å². The molecule has 14 heavy (non-hydrogen) atoms. The van der Waals surface area contributed by atoms with Crippen molar-refractivity contribution in [3.05, 3.63) is 0 Å². The van der Waals surface area contributed by atoms with Gasteiger partial charge in [0.05, 0.1) is 0 Å². The Bertz CT molecular complexity index is 189. The Hall–Kier alpha value is -0.0800. The van der Waals surface area contributed by atoms with Gasteiger partial charge in [-0.1, -0.05) is 19.8 Å². The molecule has 82 valence electrons. The molecule has 2 nitrogen and oxygen atoms in total. The zero-order chi connectivity index (χ0) is 10.0. The van der Waals surface area contributed by atoms with Gasteiger partial charge >= 0.3 is 0 Å². The lowest BCUT2D eigenvalue weighted by molar-refractivity contribution is 0.0851. The minimum Gasteiger partial charge on any atom is -0.329 e. The number of hydrogen-bond donors (Lipinski definition) is 2. The molecule has 2 bridgehead atoms. The molecule has 2 rings (SSSR count). The first-order valence-corrected chi connectivity index (χ1v) is 6.19. The van der Waals surface area contributed by atoms with Crippen LogP contribution >= 0.6 is 0 Å². The molecular formula is C12H24N2. The first kappa shape index (κ1) is 10.4. The summed E-state index contributed by atoms with van der Waals surface area (Å²) in [5.74, 6) is 1.91. The Labute approximate surface area is 87.6 Å². The largest absolute Gasteiger partial charge is 0.329 e. The molecule has 3 atom stereocenters. The van der Waals surface area contributed by atoms with E-state index in [0.717, 1.165) is 24.9 Å². The van der Waals surface area contributed by atoms with E-state index >= 15 is 0 Å². The van der Waals surface area contributed by atoms with Crippen LogP contribution in [0, 0.1) is 11.8 Å². The van der Waals surface area contributed by atoms with Crippen molar-refractivity contribution >= 4 is 0 Å². The minimum absolute atomic E-state index is 0.472. The zero-order valence-corrected chi connectivity index (χ0v) is 9.39. The van der Waals surface area contributed by atoms with Gasteiger partial charge in [-0.3, -0.25) is 0 Å². The average molecular weight is 196 g/mol. The molecule has 0 spiro atoms. The van der Waals surface area contributed by atoms with E-state index in [2.05, 4.69) is 12.2 Å². The molecule has 2 fully saturated rings. The number of fused-ring (bicyclic) bond motifs is 2. The van der Waals surface area contributed by atoms with E-state index < -0.39 is 0 Å². The van der Waals surface area contributed by atoms with Crippen LogP contribution in [0.1, 0.15) is 45.4 Å². The molecule has 2 aliphatic rings. The van der Waals surface area contributed by atoms with Crippen LogP contribution in [-0.2, 0) is 0 Å². The quantitative estimate of drug-likeness (QED) is 0.723. The van der Waals surface area contributed by atoms with Gasteiger partial charge in [0.25, 0.3) is 0 Å². The van der Waals surface area contributed by atoms with Crippen molar-refractivity contribution in [3.63, 3.8) is 0 Å². The lowest BCUT2D eigenvalue weighted by Crippen LogP contribution is -2.53. The second kappa shape index (κ2) is 4.19. The van der Waals surface area contributed by atoms with Crippen molar-refractivity contribution in [1.82, 2.24) is 5.32 Å². The molecule has 3 unspecified atom stereocenters. The van der Waals surface area contributed by atoms with Gasteiger partial charge in [-0.15, -0.1) is 0 Å². The average Bonchev–Trinajstić information content (AvgIpc) is 2.14. The summed E-state index contributed by atoms with van der Waals surface area (Å²) in [6, 6.07) is 0. The van der Waals surface area contributed by atoms with Crippen LogP contribution < -0.4 is 11.1 Å². The fourth-order valence-electron chi connectivity index (χ4n) is 3.76. The highest BCUT2D eigenvalue weighted by Gasteiger charge is 2.40. The third-order valence-electron chi connectivity index (χ3n) is 4.07. The molecule has 0 amide bonds. The molecule has 3 N–H and O–H groups in total. The Morgan fingerprint density at radius 1 is 1.43 bits per heavy atom. The third-order valence-corrected chi connectivity index (χ3v) is 4.07. The van der Waals surface area contributed by atoms with Crippen LogP contribution in [0.5, 0.6) is 0 Å². The third kappa shape index (κ3) is 2.12. The predicted molar refractivity (Wildman–Crippen MR) is 60.1 cm³/mol. The van der Waals surface area contributed by atoms with Gasteiger partial charge in [0.2, 0.25) is 0 Å². The molecule has 2 saturated carbocycles. The van der Waals surface area contributed by atoms with Gasteiger partial charge in [-0.25, -0.2) is 0 Å². The van der Waals surface area contributed by atoms with Gasteiger partial charge < -0.3 is 11.1 Å². The summed E-state index contributed by atoms with van der Waals surface area (Å²) in [4.78, 5) is 0. The second-order valence-electron chi connectivity index (χ2n) is 5.50. The van der Waals surface area contributed by atoms with Crippen LogP contribution in [0.3, 0.4) is 0 Å². The normalized spacial score (nSPS) is 42.4. The summed E-state index contributed by atoms with van der Waals surface area (Å²) in [5.41, 5.74) is 6.06. The van der Waals surface area contributed by atoms with Gasteiger partial charge in [0.1, 0.15) is 0 Å². The van der Waals surface area contributed by atoms with Crippen molar-refractivity contribution in [2.75, 3.05) is 13.1 Å². The van der Waals surface area contributed by atoms with Gasteiger partial charge in [0.15, 0.2) is 0 Å². The Balaban J connectivity index is 1.99. The van der Waals surface area contributed by atoms with E-state index in [1.807, 2.05) is 0 Å². The summed E-state index contributed by atoms with van der Waals surface area (Å²) < 4.78 is 0.